The zero-order valence-electron chi connectivity index (χ0n) is 12.8. The van der Waals surface area contributed by atoms with E-state index < -0.39 is 22.0 Å². The highest BCUT2D eigenvalue weighted by Crippen LogP contribution is 2.34. The van der Waals surface area contributed by atoms with E-state index >= 15 is 0 Å². The molecule has 0 bridgehead atoms. The second-order valence-corrected chi connectivity index (χ2v) is 8.39. The Balaban J connectivity index is 1.98. The van der Waals surface area contributed by atoms with Crippen molar-refractivity contribution in [3.63, 3.8) is 0 Å². The summed E-state index contributed by atoms with van der Waals surface area (Å²) in [7, 11) is -3.98. The first kappa shape index (κ1) is 17.0. The van der Waals surface area contributed by atoms with Gasteiger partial charge in [-0.05, 0) is 31.5 Å². The average molecular weight is 368 g/mol. The molecule has 3 N–H and O–H groups in total. The van der Waals surface area contributed by atoms with Crippen LogP contribution in [0.4, 0.5) is 0 Å². The largest absolute Gasteiger partial charge is 0.478 e. The van der Waals surface area contributed by atoms with Gasteiger partial charge in [0.25, 0.3) is 10.0 Å². The number of rotatable bonds is 5. The number of carboxylic acid groups (broad SMARTS) is 1. The molecule has 0 fully saturated rings. The van der Waals surface area contributed by atoms with E-state index in [4.69, 9.17) is 0 Å². The fourth-order valence-electron chi connectivity index (χ4n) is 2.62. The Labute approximate surface area is 143 Å². The third-order valence-corrected chi connectivity index (χ3v) is 7.03. The molecule has 24 heavy (non-hydrogen) atoms. The number of hydrogen-bond acceptors (Lipinski definition) is 7. The summed E-state index contributed by atoms with van der Waals surface area (Å²) in [4.78, 5) is 20.2. The van der Waals surface area contributed by atoms with Crippen LogP contribution in [0.2, 0.25) is 0 Å². The highest BCUT2D eigenvalue weighted by molar-refractivity contribution is 7.91. The molecule has 3 heterocycles. The third-order valence-electron chi connectivity index (χ3n) is 3.73. The topological polar surface area (TPSA) is 121 Å². The van der Waals surface area contributed by atoms with Crippen molar-refractivity contribution in [2.24, 2.45) is 0 Å². The number of nitrogens with zero attached hydrogens (tertiary/aromatic N) is 2. The summed E-state index contributed by atoms with van der Waals surface area (Å²) in [5.41, 5.74) is 1.01. The van der Waals surface area contributed by atoms with Gasteiger partial charge in [-0.3, -0.25) is 0 Å². The Kier molecular flexibility index (Phi) is 4.63. The minimum Gasteiger partial charge on any atom is -0.478 e. The molecule has 0 saturated heterocycles. The van der Waals surface area contributed by atoms with Crippen molar-refractivity contribution >= 4 is 27.3 Å². The molecule has 0 unspecified atom stereocenters. The first-order chi connectivity index (χ1) is 11.4. The van der Waals surface area contributed by atoms with E-state index in [2.05, 4.69) is 20.0 Å². The maximum Gasteiger partial charge on any atom is 0.338 e. The van der Waals surface area contributed by atoms with Crippen molar-refractivity contribution in [3.05, 3.63) is 40.3 Å². The molecule has 0 amide bonds. The number of hydrogen-bond donors (Lipinski definition) is 3. The third kappa shape index (κ3) is 3.18. The molecule has 0 saturated carbocycles. The number of nitrogens with one attached hydrogen (secondary N) is 2. The molecular weight excluding hydrogens is 352 g/mol. The summed E-state index contributed by atoms with van der Waals surface area (Å²) >= 11 is 1.01. The van der Waals surface area contributed by atoms with Crippen LogP contribution in [0.25, 0.3) is 0 Å². The van der Waals surface area contributed by atoms with Crippen LogP contribution < -0.4 is 10.0 Å². The van der Waals surface area contributed by atoms with Gasteiger partial charge >= 0.3 is 5.97 Å². The zero-order chi connectivity index (χ0) is 17.3. The molecule has 2 aromatic rings. The lowest BCUT2D eigenvalue weighted by Crippen LogP contribution is -2.28. The Hall–Kier alpha value is -1.88. The van der Waals surface area contributed by atoms with Gasteiger partial charge in [-0.15, -0.1) is 11.3 Å². The Bertz CT molecular complexity index is 864. The second-order valence-electron chi connectivity index (χ2n) is 5.38. The summed E-state index contributed by atoms with van der Waals surface area (Å²) in [6.07, 6.45) is 3.36. The number of aromatic carboxylic acids is 1. The van der Waals surface area contributed by atoms with Gasteiger partial charge in [-0.2, -0.15) is 0 Å². The van der Waals surface area contributed by atoms with Gasteiger partial charge < -0.3 is 10.4 Å². The van der Waals surface area contributed by atoms with Crippen LogP contribution in [-0.4, -0.2) is 36.0 Å². The fourth-order valence-corrected chi connectivity index (χ4v) is 5.71. The second kappa shape index (κ2) is 6.55. The van der Waals surface area contributed by atoms with Crippen LogP contribution >= 0.6 is 11.3 Å². The molecule has 0 aromatic carbocycles. The van der Waals surface area contributed by atoms with Crippen LogP contribution in [-0.2, 0) is 23.0 Å². The number of carboxylic acids is 1. The molecule has 1 atom stereocenters. The van der Waals surface area contributed by atoms with Crippen molar-refractivity contribution in [2.45, 2.75) is 30.1 Å². The molecule has 3 rings (SSSR count). The number of thiophene rings is 1. The van der Waals surface area contributed by atoms with E-state index in [1.165, 1.54) is 12.5 Å². The molecule has 0 spiro atoms. The zero-order valence-corrected chi connectivity index (χ0v) is 14.4. The number of aromatic nitrogens is 2. The van der Waals surface area contributed by atoms with Crippen molar-refractivity contribution in [1.82, 2.24) is 20.0 Å². The molecule has 8 nitrogen and oxygen atoms in total. The first-order valence-electron chi connectivity index (χ1n) is 7.27. The molecule has 1 aliphatic rings. The average Bonchev–Trinajstić information content (AvgIpc) is 2.96. The van der Waals surface area contributed by atoms with Gasteiger partial charge in [-0.1, -0.05) is 0 Å². The molecule has 2 aromatic heterocycles. The molecular formula is C14H16N4O4S2. The highest BCUT2D eigenvalue weighted by atomic mass is 32.2. The maximum absolute atomic E-state index is 12.7. The predicted octanol–water partition coefficient (Wildman–Crippen LogP) is 0.921. The van der Waals surface area contributed by atoms with Crippen molar-refractivity contribution in [1.29, 1.82) is 0 Å². The lowest BCUT2D eigenvalue weighted by molar-refractivity contribution is 0.0692. The molecule has 10 heteroatoms. The first-order valence-corrected chi connectivity index (χ1v) is 9.57. The van der Waals surface area contributed by atoms with Crippen molar-refractivity contribution in [2.75, 3.05) is 6.54 Å². The predicted molar refractivity (Wildman–Crippen MR) is 87.5 cm³/mol. The quantitative estimate of drug-likeness (QED) is 0.717. The lowest BCUT2D eigenvalue weighted by Gasteiger charge is -2.13. The van der Waals surface area contributed by atoms with Gasteiger partial charge in [-0.25, -0.2) is 27.9 Å². The SMILES string of the molecule is C[C@H](NS(=O)(=O)c1sc2c(c1C(=O)O)CCNC2)c1ccncn1. The molecule has 128 valence electrons. The number of carbonyl (C=O) groups is 1. The van der Waals surface area contributed by atoms with Gasteiger partial charge in [0.2, 0.25) is 0 Å². The Morgan fingerprint density at radius 2 is 2.29 bits per heavy atom. The Morgan fingerprint density at radius 1 is 1.50 bits per heavy atom. The van der Waals surface area contributed by atoms with E-state index in [0.29, 0.717) is 30.8 Å². The Morgan fingerprint density at radius 3 is 2.96 bits per heavy atom. The van der Waals surface area contributed by atoms with E-state index in [0.717, 1.165) is 16.2 Å². The smallest absolute Gasteiger partial charge is 0.338 e. The normalized spacial score (nSPS) is 15.7. The maximum atomic E-state index is 12.7. The van der Waals surface area contributed by atoms with Crippen molar-refractivity contribution in [3.8, 4) is 0 Å². The van der Waals surface area contributed by atoms with E-state index in [-0.39, 0.29) is 9.77 Å². The lowest BCUT2D eigenvalue weighted by atomic mass is 10.1. The molecule has 0 radical (unpaired) electrons. The monoisotopic (exact) mass is 368 g/mol. The van der Waals surface area contributed by atoms with Crippen LogP contribution in [0.5, 0.6) is 0 Å². The summed E-state index contributed by atoms with van der Waals surface area (Å²) < 4.78 is 27.8. The van der Waals surface area contributed by atoms with Crippen LogP contribution in [0, 0.1) is 0 Å². The van der Waals surface area contributed by atoms with E-state index in [1.807, 2.05) is 0 Å². The summed E-state index contributed by atoms with van der Waals surface area (Å²) in [6.45, 7) is 2.76. The van der Waals surface area contributed by atoms with E-state index in [9.17, 15) is 18.3 Å². The van der Waals surface area contributed by atoms with Gasteiger partial charge in [0.15, 0.2) is 0 Å². The van der Waals surface area contributed by atoms with Gasteiger partial charge in [0, 0.05) is 17.6 Å². The summed E-state index contributed by atoms with van der Waals surface area (Å²) in [5, 5.41) is 12.6. The van der Waals surface area contributed by atoms with Crippen molar-refractivity contribution < 1.29 is 18.3 Å². The minimum atomic E-state index is -3.98. The van der Waals surface area contributed by atoms with E-state index in [1.54, 1.807) is 13.0 Å². The highest BCUT2D eigenvalue weighted by Gasteiger charge is 2.32. The standard InChI is InChI=1S/C14H16N4O4S2/c1-8(10-3-5-16-7-17-10)18-24(21,22)14-12(13(19)20)9-2-4-15-6-11(9)23-14/h3,5,7-8,15,18H,2,4,6H2,1H3,(H,19,20)/t8-/m0/s1. The van der Waals surface area contributed by atoms with Gasteiger partial charge in [0.1, 0.15) is 10.5 Å². The summed E-state index contributed by atoms with van der Waals surface area (Å²) in [5.74, 6) is -1.22. The number of fused-ring (bicyclic) bond motifs is 1. The fraction of sp³-hybridized carbons (Fsp3) is 0.357. The van der Waals surface area contributed by atoms with Crippen LogP contribution in [0.15, 0.2) is 22.8 Å². The van der Waals surface area contributed by atoms with Gasteiger partial charge in [0.05, 0.1) is 17.3 Å². The van der Waals surface area contributed by atoms with Crippen LogP contribution in [0.1, 0.15) is 39.5 Å². The molecule has 1 aliphatic heterocycles. The summed E-state index contributed by atoms with van der Waals surface area (Å²) in [6, 6.07) is 1.01. The number of sulfonamides is 1. The molecule has 0 aliphatic carbocycles. The van der Waals surface area contributed by atoms with Crippen LogP contribution in [0.3, 0.4) is 0 Å². The minimum absolute atomic E-state index is 0.112.